The zero-order chi connectivity index (χ0) is 33.6. The Hall–Kier alpha value is -3.66. The molecule has 0 aliphatic carbocycles. The van der Waals surface area contributed by atoms with Crippen LogP contribution in [0.3, 0.4) is 0 Å². The summed E-state index contributed by atoms with van der Waals surface area (Å²) in [6.07, 6.45) is 3.17. The minimum atomic E-state index is -1.86. The third-order valence-corrected chi connectivity index (χ3v) is 15.2. The third kappa shape index (κ3) is 8.26. The van der Waals surface area contributed by atoms with Crippen molar-refractivity contribution in [2.75, 3.05) is 12.4 Å². The lowest BCUT2D eigenvalue weighted by molar-refractivity contribution is -0.165. The van der Waals surface area contributed by atoms with E-state index in [0.717, 1.165) is 35.1 Å². The van der Waals surface area contributed by atoms with Crippen LogP contribution in [0.5, 0.6) is 0 Å². The number of ether oxygens (including phenoxy) is 1. The molecule has 3 aromatic carbocycles. The number of carbonyl (C=O) groups excluding carboxylic acids is 3. The fourth-order valence-corrected chi connectivity index (χ4v) is 8.12. The number of benzene rings is 3. The Kier molecular flexibility index (Phi) is 11.1. The smallest absolute Gasteiger partial charge is 0.334 e. The molecule has 0 unspecified atom stereocenters. The molecular weight excluding hydrogens is 625 g/mol. The summed E-state index contributed by atoms with van der Waals surface area (Å²) in [5, 5.41) is 2.71. The zero-order valence-electron chi connectivity index (χ0n) is 28.0. The van der Waals surface area contributed by atoms with Gasteiger partial charge in [0.2, 0.25) is 11.8 Å². The number of rotatable bonds is 12. The minimum absolute atomic E-state index is 0.133. The molecule has 2 saturated heterocycles. The topological polar surface area (TPSA) is 84.9 Å². The fourth-order valence-electron chi connectivity index (χ4n) is 5.63. The molecule has 2 aliphatic rings. The van der Waals surface area contributed by atoms with Gasteiger partial charge in [-0.3, -0.25) is 9.59 Å². The van der Waals surface area contributed by atoms with Gasteiger partial charge in [0.25, 0.3) is 0 Å². The molecule has 2 heterocycles. The lowest BCUT2D eigenvalue weighted by Gasteiger charge is -2.53. The molecule has 0 radical (unpaired) electrons. The van der Waals surface area contributed by atoms with Gasteiger partial charge in [0.15, 0.2) is 20.5 Å². The predicted molar refractivity (Wildman–Crippen MR) is 190 cm³/mol. The van der Waals surface area contributed by atoms with E-state index in [4.69, 9.17) is 9.16 Å². The Balaban J connectivity index is 1.34. The van der Waals surface area contributed by atoms with Gasteiger partial charge >= 0.3 is 5.97 Å². The van der Waals surface area contributed by atoms with E-state index in [1.807, 2.05) is 91.0 Å². The molecule has 248 valence electrons. The molecule has 2 fully saturated rings. The standard InChI is InChI=1S/C38H46N2O5SSi/c1-38(2,3)47(4,5)44-24-16-15-23-30-26-46-36-32(39-31(41)25-27-17-9-6-10-18-27)35(42)40(36)33(30)37(43)45-34(28-19-11-7-12-20-28)29-21-13-8-14-22-29/h6-14,17-23,32-34,36H,15-16,24-26H2,1-5H3,(H,39,41)/b30-23+/t32-,33-,36-/m1/s1. The second-order valence-electron chi connectivity index (χ2n) is 13.7. The molecule has 7 nitrogen and oxygen atoms in total. The second-order valence-corrected chi connectivity index (χ2v) is 19.6. The minimum Gasteiger partial charge on any atom is -0.451 e. The molecule has 0 aromatic heterocycles. The van der Waals surface area contributed by atoms with Gasteiger partial charge in [0.1, 0.15) is 11.4 Å². The number of nitrogens with one attached hydrogen (secondary N) is 1. The maximum absolute atomic E-state index is 14.2. The number of fused-ring (bicyclic) bond motifs is 1. The van der Waals surface area contributed by atoms with Crippen molar-refractivity contribution < 1.29 is 23.5 Å². The first-order valence-corrected chi connectivity index (χ1v) is 20.3. The number of allylic oxidation sites excluding steroid dienone is 1. The van der Waals surface area contributed by atoms with Crippen LogP contribution in [0.15, 0.2) is 103 Å². The van der Waals surface area contributed by atoms with Crippen LogP contribution < -0.4 is 5.32 Å². The monoisotopic (exact) mass is 670 g/mol. The van der Waals surface area contributed by atoms with Gasteiger partial charge in [0, 0.05) is 12.4 Å². The molecule has 0 bridgehead atoms. The van der Waals surface area contributed by atoms with Crippen molar-refractivity contribution in [2.45, 2.75) is 81.7 Å². The summed E-state index contributed by atoms with van der Waals surface area (Å²) in [5.41, 5.74) is 3.43. The van der Waals surface area contributed by atoms with E-state index in [1.165, 1.54) is 0 Å². The van der Waals surface area contributed by atoms with Gasteiger partial charge < -0.3 is 19.4 Å². The maximum atomic E-state index is 14.2. The lowest BCUT2D eigenvalue weighted by Crippen LogP contribution is -2.74. The lowest BCUT2D eigenvalue weighted by atomic mass is 9.96. The first-order chi connectivity index (χ1) is 22.5. The number of nitrogens with zero attached hydrogens (tertiary/aromatic N) is 1. The van der Waals surface area contributed by atoms with Crippen LogP contribution >= 0.6 is 11.8 Å². The summed E-state index contributed by atoms with van der Waals surface area (Å²) in [5.74, 6) is -0.401. The van der Waals surface area contributed by atoms with E-state index in [9.17, 15) is 14.4 Å². The van der Waals surface area contributed by atoms with Crippen molar-refractivity contribution >= 4 is 37.9 Å². The molecule has 3 atom stereocenters. The summed E-state index contributed by atoms with van der Waals surface area (Å²) in [7, 11) is -1.86. The van der Waals surface area contributed by atoms with Crippen molar-refractivity contribution in [3.8, 4) is 0 Å². The van der Waals surface area contributed by atoms with Crippen molar-refractivity contribution in [1.82, 2.24) is 10.2 Å². The van der Waals surface area contributed by atoms with Crippen LogP contribution in [0.1, 0.15) is 56.4 Å². The predicted octanol–water partition coefficient (Wildman–Crippen LogP) is 7.06. The van der Waals surface area contributed by atoms with Gasteiger partial charge in [-0.1, -0.05) is 118 Å². The molecule has 2 amide bonds. The quantitative estimate of drug-likeness (QED) is 0.0731. The molecule has 0 saturated carbocycles. The normalized spacial score (nSPS) is 20.5. The van der Waals surface area contributed by atoms with Crippen molar-refractivity contribution in [3.63, 3.8) is 0 Å². The van der Waals surface area contributed by atoms with Crippen molar-refractivity contribution in [2.24, 2.45) is 0 Å². The summed E-state index contributed by atoms with van der Waals surface area (Å²) < 4.78 is 12.7. The Morgan fingerprint density at radius 2 is 1.53 bits per heavy atom. The van der Waals surface area contributed by atoms with Crippen molar-refractivity contribution in [1.29, 1.82) is 0 Å². The maximum Gasteiger partial charge on any atom is 0.334 e. The Labute approximate surface area is 284 Å². The zero-order valence-corrected chi connectivity index (χ0v) is 29.8. The highest BCUT2D eigenvalue weighted by Crippen LogP contribution is 2.42. The van der Waals surface area contributed by atoms with E-state index < -0.39 is 32.5 Å². The Morgan fingerprint density at radius 3 is 2.11 bits per heavy atom. The van der Waals surface area contributed by atoms with E-state index in [-0.39, 0.29) is 28.6 Å². The summed E-state index contributed by atoms with van der Waals surface area (Å²) in [6.45, 7) is 11.8. The molecular formula is C38H46N2O5SSi. The molecule has 5 rings (SSSR count). The van der Waals surface area contributed by atoms with Gasteiger partial charge in [-0.25, -0.2) is 4.79 Å². The Morgan fingerprint density at radius 1 is 0.957 bits per heavy atom. The van der Waals surface area contributed by atoms with Crippen LogP contribution in [0, 0.1) is 0 Å². The van der Waals surface area contributed by atoms with Crippen LogP contribution in [-0.4, -0.2) is 60.8 Å². The number of amides is 2. The van der Waals surface area contributed by atoms with Gasteiger partial charge in [-0.2, -0.15) is 0 Å². The van der Waals surface area contributed by atoms with E-state index in [2.05, 4.69) is 45.3 Å². The van der Waals surface area contributed by atoms with Gasteiger partial charge in [-0.05, 0) is 53.2 Å². The third-order valence-electron chi connectivity index (χ3n) is 9.34. The van der Waals surface area contributed by atoms with E-state index >= 15 is 0 Å². The summed E-state index contributed by atoms with van der Waals surface area (Å²) in [6, 6.07) is 27.2. The molecule has 2 aliphatic heterocycles. The van der Waals surface area contributed by atoms with Gasteiger partial charge in [-0.15, -0.1) is 11.8 Å². The molecule has 1 N–H and O–H groups in total. The average molecular weight is 671 g/mol. The van der Waals surface area contributed by atoms with Crippen LogP contribution in [0.2, 0.25) is 18.1 Å². The van der Waals surface area contributed by atoms with Crippen LogP contribution in [0.25, 0.3) is 0 Å². The first kappa shape index (κ1) is 34.7. The largest absolute Gasteiger partial charge is 0.451 e. The molecule has 9 heteroatoms. The number of carbonyl (C=O) groups is 3. The van der Waals surface area contributed by atoms with Crippen molar-refractivity contribution in [3.05, 3.63) is 119 Å². The molecule has 3 aromatic rings. The van der Waals surface area contributed by atoms with E-state index in [1.54, 1.807) is 16.7 Å². The number of β-lactam (4-membered cyclic amide) rings is 1. The van der Waals surface area contributed by atoms with Crippen LogP contribution in [0.4, 0.5) is 0 Å². The highest BCUT2D eigenvalue weighted by molar-refractivity contribution is 8.00. The van der Waals surface area contributed by atoms with Gasteiger partial charge in [0.05, 0.1) is 6.42 Å². The number of unbranched alkanes of at least 4 members (excludes halogenated alkanes) is 1. The highest BCUT2D eigenvalue weighted by Gasteiger charge is 2.57. The first-order valence-electron chi connectivity index (χ1n) is 16.4. The van der Waals surface area contributed by atoms with Crippen LogP contribution in [-0.2, 0) is 30.0 Å². The summed E-state index contributed by atoms with van der Waals surface area (Å²) in [4.78, 5) is 42.4. The fraction of sp³-hybridized carbons (Fsp3) is 0.395. The average Bonchev–Trinajstić information content (AvgIpc) is 3.06. The number of esters is 1. The Bertz CT molecular complexity index is 1520. The number of thioether (sulfide) groups is 1. The number of hydrogen-bond acceptors (Lipinski definition) is 6. The number of hydrogen-bond donors (Lipinski definition) is 1. The molecule has 47 heavy (non-hydrogen) atoms. The highest BCUT2D eigenvalue weighted by atomic mass is 32.2. The van der Waals surface area contributed by atoms with E-state index in [0.29, 0.717) is 12.4 Å². The second kappa shape index (κ2) is 15.0. The summed E-state index contributed by atoms with van der Waals surface area (Å²) >= 11 is 1.58. The SMILES string of the molecule is CC(C)(C)[Si](C)(C)OCCC/C=C1\CS[C@@H]2[C@H](NC(=O)Cc3ccccc3)C(=O)N2[C@H]1C(=O)OC(c1ccccc1)c1ccccc1. The molecule has 0 spiro atoms.